The summed E-state index contributed by atoms with van der Waals surface area (Å²) in [6.45, 7) is 0.466. The van der Waals surface area contributed by atoms with Gasteiger partial charge in [0.15, 0.2) is 0 Å². The van der Waals surface area contributed by atoms with Gasteiger partial charge >= 0.3 is 0 Å². The molecule has 1 saturated carbocycles. The second-order valence-electron chi connectivity index (χ2n) is 6.61. The highest BCUT2D eigenvalue weighted by molar-refractivity contribution is 6.04. The number of ketones is 1. The molecule has 3 rings (SSSR count). The summed E-state index contributed by atoms with van der Waals surface area (Å²) in [5.74, 6) is 0.00767. The summed E-state index contributed by atoms with van der Waals surface area (Å²) in [6.07, 6.45) is 1.73. The minimum Gasteiger partial charge on any atom is -0.411 e. The van der Waals surface area contributed by atoms with E-state index in [1.54, 1.807) is 0 Å². The van der Waals surface area contributed by atoms with Crippen molar-refractivity contribution in [3.63, 3.8) is 0 Å². The second kappa shape index (κ2) is 7.95. The fourth-order valence-corrected chi connectivity index (χ4v) is 3.38. The third-order valence-corrected chi connectivity index (χ3v) is 4.86. The monoisotopic (exact) mass is 350 g/mol. The van der Waals surface area contributed by atoms with E-state index in [0.717, 1.165) is 11.1 Å². The number of nitrogens with zero attached hydrogens (tertiary/aromatic N) is 1. The number of nitrogens with one attached hydrogen (secondary N) is 1. The minimum absolute atomic E-state index is 0.106. The van der Waals surface area contributed by atoms with Crippen LogP contribution in [0, 0.1) is 0 Å². The van der Waals surface area contributed by atoms with Crippen molar-refractivity contribution in [2.24, 2.45) is 5.16 Å². The molecule has 0 saturated heterocycles. The van der Waals surface area contributed by atoms with Crippen LogP contribution in [0.4, 0.5) is 0 Å². The molecule has 0 unspecified atom stereocenters. The molecule has 1 amide bonds. The van der Waals surface area contributed by atoms with Crippen LogP contribution in [0.2, 0.25) is 0 Å². The average molecular weight is 350 g/mol. The first-order valence-corrected chi connectivity index (χ1v) is 8.77. The first kappa shape index (κ1) is 17.9. The van der Waals surface area contributed by atoms with Gasteiger partial charge in [0.25, 0.3) is 0 Å². The quantitative estimate of drug-likeness (QED) is 0.349. The predicted octanol–water partition coefficient (Wildman–Crippen LogP) is 3.06. The third kappa shape index (κ3) is 3.67. The van der Waals surface area contributed by atoms with Gasteiger partial charge in [-0.2, -0.15) is 0 Å². The molecule has 0 heterocycles. The van der Waals surface area contributed by atoms with Gasteiger partial charge in [0.2, 0.25) is 5.91 Å². The van der Waals surface area contributed by atoms with Crippen molar-refractivity contribution in [1.29, 1.82) is 0 Å². The van der Waals surface area contributed by atoms with Crippen molar-refractivity contribution in [3.05, 3.63) is 71.8 Å². The highest BCUT2D eigenvalue weighted by Gasteiger charge is 2.50. The molecule has 2 aromatic carbocycles. The molecule has 2 N–H and O–H groups in total. The van der Waals surface area contributed by atoms with E-state index in [-0.39, 0.29) is 24.5 Å². The molecule has 0 spiro atoms. The van der Waals surface area contributed by atoms with Crippen molar-refractivity contribution in [2.75, 3.05) is 6.54 Å². The molecule has 5 nitrogen and oxygen atoms in total. The van der Waals surface area contributed by atoms with Gasteiger partial charge in [0, 0.05) is 19.4 Å². The first-order chi connectivity index (χ1) is 12.7. The molecular formula is C21H22N2O3. The van der Waals surface area contributed by atoms with Crippen LogP contribution in [0.5, 0.6) is 0 Å². The Balaban J connectivity index is 1.56. The Morgan fingerprint density at radius 2 is 1.65 bits per heavy atom. The Kier molecular flexibility index (Phi) is 5.46. The van der Waals surface area contributed by atoms with Crippen LogP contribution in [0.1, 0.15) is 36.8 Å². The summed E-state index contributed by atoms with van der Waals surface area (Å²) in [5.41, 5.74) is 1.62. The van der Waals surface area contributed by atoms with Crippen molar-refractivity contribution in [1.82, 2.24) is 5.32 Å². The highest BCUT2D eigenvalue weighted by Crippen LogP contribution is 2.41. The van der Waals surface area contributed by atoms with Crippen molar-refractivity contribution < 1.29 is 14.8 Å². The first-order valence-electron chi connectivity index (χ1n) is 8.77. The van der Waals surface area contributed by atoms with E-state index in [1.807, 2.05) is 60.7 Å². The maximum Gasteiger partial charge on any atom is 0.231 e. The molecule has 0 atom stereocenters. The summed E-state index contributed by atoms with van der Waals surface area (Å²) < 4.78 is 0. The standard InChI is InChI=1S/C21H22N2O3/c24-18-14-21(15-18,17-10-5-2-6-11-17)20(25)22-13-7-12-19(23-26)16-8-3-1-4-9-16/h1-6,8-11,26H,7,12-15H2,(H,22,25)/b23-19-. The second-order valence-corrected chi connectivity index (χ2v) is 6.61. The van der Waals surface area contributed by atoms with Gasteiger partial charge in [-0.1, -0.05) is 65.8 Å². The molecule has 0 aliphatic heterocycles. The number of Topliss-reactive ketones (excluding diaryl/α,β-unsaturated/α-hetero) is 1. The van der Waals surface area contributed by atoms with E-state index in [4.69, 9.17) is 0 Å². The van der Waals surface area contributed by atoms with Crippen LogP contribution in [-0.4, -0.2) is 29.2 Å². The van der Waals surface area contributed by atoms with Gasteiger partial charge in [-0.05, 0) is 24.0 Å². The highest BCUT2D eigenvalue weighted by atomic mass is 16.4. The van der Waals surface area contributed by atoms with E-state index in [1.165, 1.54) is 0 Å². The molecule has 2 aromatic rings. The van der Waals surface area contributed by atoms with Crippen LogP contribution >= 0.6 is 0 Å². The van der Waals surface area contributed by atoms with E-state index in [0.29, 0.717) is 25.1 Å². The van der Waals surface area contributed by atoms with Crippen LogP contribution in [-0.2, 0) is 15.0 Å². The summed E-state index contributed by atoms with van der Waals surface area (Å²) in [6, 6.07) is 18.9. The lowest BCUT2D eigenvalue weighted by atomic mass is 9.63. The summed E-state index contributed by atoms with van der Waals surface area (Å²) >= 11 is 0. The molecule has 134 valence electrons. The number of carbonyl (C=O) groups is 2. The lowest BCUT2D eigenvalue weighted by Gasteiger charge is -2.39. The number of benzene rings is 2. The SMILES string of the molecule is O=C1CC(C(=O)NCCC/C(=N/O)c2ccccc2)(c2ccccc2)C1. The fraction of sp³-hybridized carbons (Fsp3) is 0.286. The molecular weight excluding hydrogens is 328 g/mol. The van der Waals surface area contributed by atoms with Crippen LogP contribution < -0.4 is 5.32 Å². The van der Waals surface area contributed by atoms with Crippen LogP contribution in [0.25, 0.3) is 0 Å². The van der Waals surface area contributed by atoms with Crippen LogP contribution in [0.15, 0.2) is 65.8 Å². The zero-order valence-corrected chi connectivity index (χ0v) is 14.5. The molecule has 26 heavy (non-hydrogen) atoms. The van der Waals surface area contributed by atoms with Crippen LogP contribution in [0.3, 0.4) is 0 Å². The Labute approximate surface area is 152 Å². The van der Waals surface area contributed by atoms with Gasteiger partial charge in [0.1, 0.15) is 5.78 Å². The maximum atomic E-state index is 12.7. The van der Waals surface area contributed by atoms with E-state index < -0.39 is 5.41 Å². The minimum atomic E-state index is -0.730. The van der Waals surface area contributed by atoms with Gasteiger partial charge in [-0.25, -0.2) is 0 Å². The van der Waals surface area contributed by atoms with E-state index >= 15 is 0 Å². The van der Waals surface area contributed by atoms with Gasteiger partial charge < -0.3 is 10.5 Å². The average Bonchev–Trinajstić information content (AvgIpc) is 2.66. The smallest absolute Gasteiger partial charge is 0.231 e. The number of oxime groups is 1. The number of hydrogen-bond donors (Lipinski definition) is 2. The predicted molar refractivity (Wildman–Crippen MR) is 99.4 cm³/mol. The topological polar surface area (TPSA) is 78.8 Å². The molecule has 0 radical (unpaired) electrons. The summed E-state index contributed by atoms with van der Waals surface area (Å²) in [5, 5.41) is 15.5. The Morgan fingerprint density at radius 3 is 2.23 bits per heavy atom. The Bertz CT molecular complexity index is 793. The van der Waals surface area contributed by atoms with Gasteiger partial charge in [-0.3, -0.25) is 9.59 Å². The third-order valence-electron chi connectivity index (χ3n) is 4.86. The largest absolute Gasteiger partial charge is 0.411 e. The number of amides is 1. The molecule has 0 aromatic heterocycles. The zero-order valence-electron chi connectivity index (χ0n) is 14.5. The zero-order chi connectivity index (χ0) is 18.4. The molecule has 1 aliphatic rings. The summed E-state index contributed by atoms with van der Waals surface area (Å²) in [7, 11) is 0. The molecule has 1 fully saturated rings. The molecule has 1 aliphatic carbocycles. The van der Waals surface area contributed by atoms with E-state index in [9.17, 15) is 14.8 Å². The fourth-order valence-electron chi connectivity index (χ4n) is 3.38. The number of rotatable bonds is 7. The van der Waals surface area contributed by atoms with Gasteiger partial charge in [0.05, 0.1) is 11.1 Å². The number of carbonyl (C=O) groups excluding carboxylic acids is 2. The van der Waals surface area contributed by atoms with Crippen molar-refractivity contribution >= 4 is 17.4 Å². The normalized spacial score (nSPS) is 16.0. The summed E-state index contributed by atoms with van der Waals surface area (Å²) in [4.78, 5) is 24.3. The Morgan fingerprint density at radius 1 is 1.04 bits per heavy atom. The molecule has 0 bridgehead atoms. The maximum absolute atomic E-state index is 12.7. The van der Waals surface area contributed by atoms with Crippen molar-refractivity contribution in [2.45, 2.75) is 31.1 Å². The lowest BCUT2D eigenvalue weighted by Crippen LogP contribution is -2.53. The molecule has 5 heteroatoms. The Hall–Kier alpha value is -2.95. The van der Waals surface area contributed by atoms with Gasteiger partial charge in [-0.15, -0.1) is 0 Å². The lowest BCUT2D eigenvalue weighted by molar-refractivity contribution is -0.140. The number of hydrogen-bond acceptors (Lipinski definition) is 4. The van der Waals surface area contributed by atoms with Crippen molar-refractivity contribution in [3.8, 4) is 0 Å². The van der Waals surface area contributed by atoms with E-state index in [2.05, 4.69) is 10.5 Å².